The molecular formula is C30H28Cl2N2O4. The highest BCUT2D eigenvalue weighted by Gasteiger charge is 2.57. The first kappa shape index (κ1) is 24.4. The zero-order valence-corrected chi connectivity index (χ0v) is 23.6. The number of nitrogens with zero attached hydrogens (tertiary/aromatic N) is 2. The van der Waals surface area contributed by atoms with E-state index in [1.165, 1.54) is 0 Å². The quantitative estimate of drug-likeness (QED) is 0.166. The van der Waals surface area contributed by atoms with E-state index >= 15 is 0 Å². The van der Waals surface area contributed by atoms with Crippen molar-refractivity contribution in [3.8, 4) is 11.5 Å². The summed E-state index contributed by atoms with van der Waals surface area (Å²) in [5, 5.41) is 3.21. The Labute approximate surface area is 231 Å². The van der Waals surface area contributed by atoms with E-state index in [1.54, 1.807) is 0 Å². The number of epoxide rings is 2. The van der Waals surface area contributed by atoms with Crippen LogP contribution >= 0.6 is 23.2 Å². The molecule has 0 saturated carbocycles. The smallest absolute Gasteiger partial charge is 0.132 e. The molecule has 2 aromatic heterocycles. The van der Waals surface area contributed by atoms with Gasteiger partial charge < -0.3 is 18.9 Å². The van der Waals surface area contributed by atoms with E-state index in [-0.39, 0.29) is 35.6 Å². The number of pyridine rings is 2. The van der Waals surface area contributed by atoms with Gasteiger partial charge in [-0.2, -0.15) is 0 Å². The molecule has 2 fully saturated rings. The van der Waals surface area contributed by atoms with Crippen molar-refractivity contribution in [1.82, 2.24) is 9.97 Å². The lowest BCUT2D eigenvalue weighted by Gasteiger charge is -2.29. The fourth-order valence-corrected chi connectivity index (χ4v) is 6.36. The average Bonchev–Trinajstić information content (AvgIpc) is 3.71. The minimum atomic E-state index is -0.265. The van der Waals surface area contributed by atoms with E-state index in [9.17, 15) is 0 Å². The molecule has 0 N–H and O–H groups in total. The van der Waals surface area contributed by atoms with Crippen LogP contribution in [-0.2, 0) is 9.47 Å². The Kier molecular flexibility index (Phi) is 5.10. The molecule has 6 heterocycles. The van der Waals surface area contributed by atoms with Gasteiger partial charge in [-0.3, -0.25) is 0 Å². The van der Waals surface area contributed by atoms with E-state index in [4.69, 9.17) is 42.1 Å². The van der Waals surface area contributed by atoms with Crippen LogP contribution in [0.4, 0.5) is 0 Å². The lowest BCUT2D eigenvalue weighted by Crippen LogP contribution is -2.37. The number of halogens is 2. The van der Waals surface area contributed by atoms with Crippen LogP contribution in [0.5, 0.6) is 11.5 Å². The van der Waals surface area contributed by atoms with Crippen LogP contribution in [0, 0.1) is 13.8 Å². The molecule has 0 bridgehead atoms. The van der Waals surface area contributed by atoms with Gasteiger partial charge in [0.2, 0.25) is 0 Å². The van der Waals surface area contributed by atoms with Gasteiger partial charge in [0.15, 0.2) is 0 Å². The van der Waals surface area contributed by atoms with Gasteiger partial charge in [-0.25, -0.2) is 9.97 Å². The number of aryl methyl sites for hydroxylation is 2. The standard InChI is InChI=1S/2C15H14ClNO2/c2*1-7-4-12(16)17-10-5-9-11(6-8(7)10)19-15(2,3)14-13(9)18-14/h2*4-6,13-14H,1-3H3/t13-,14-;/m1./s1. The molecule has 4 aliphatic rings. The van der Waals surface area contributed by atoms with Crippen LogP contribution in [0.2, 0.25) is 10.3 Å². The Hall–Kier alpha value is -2.64. The maximum atomic E-state index is 6.08. The highest BCUT2D eigenvalue weighted by molar-refractivity contribution is 6.30. The highest BCUT2D eigenvalue weighted by atomic mass is 35.5. The van der Waals surface area contributed by atoms with Gasteiger partial charge in [0.25, 0.3) is 0 Å². The Bertz CT molecular complexity index is 1540. The molecule has 196 valence electrons. The molecule has 2 saturated heterocycles. The molecule has 0 spiro atoms. The third kappa shape index (κ3) is 3.84. The summed E-state index contributed by atoms with van der Waals surface area (Å²) in [6.07, 6.45) is 0.587. The minimum absolute atomic E-state index is 0.143. The van der Waals surface area contributed by atoms with E-state index in [2.05, 4.69) is 49.8 Å². The average molecular weight is 551 g/mol. The fraction of sp³-hybridized carbons (Fsp3) is 0.400. The molecule has 2 unspecified atom stereocenters. The van der Waals surface area contributed by atoms with Crippen molar-refractivity contribution in [1.29, 1.82) is 0 Å². The van der Waals surface area contributed by atoms with Gasteiger partial charge in [-0.05, 0) is 89.1 Å². The predicted molar refractivity (Wildman–Crippen MR) is 148 cm³/mol. The maximum absolute atomic E-state index is 6.08. The van der Waals surface area contributed by atoms with Crippen molar-refractivity contribution in [2.75, 3.05) is 0 Å². The van der Waals surface area contributed by atoms with E-state index < -0.39 is 0 Å². The molecule has 6 nitrogen and oxygen atoms in total. The number of aromatic nitrogens is 2. The molecule has 0 aliphatic carbocycles. The van der Waals surface area contributed by atoms with Crippen molar-refractivity contribution in [2.24, 2.45) is 0 Å². The van der Waals surface area contributed by atoms with Crippen LogP contribution in [0.25, 0.3) is 21.8 Å². The van der Waals surface area contributed by atoms with Crippen LogP contribution in [0.15, 0.2) is 36.4 Å². The summed E-state index contributed by atoms with van der Waals surface area (Å²) >= 11 is 12.1. The largest absolute Gasteiger partial charge is 0.485 e. The van der Waals surface area contributed by atoms with Gasteiger partial charge in [0.05, 0.1) is 11.0 Å². The van der Waals surface area contributed by atoms with Crippen molar-refractivity contribution in [2.45, 2.75) is 77.2 Å². The van der Waals surface area contributed by atoms with E-state index in [0.29, 0.717) is 10.3 Å². The van der Waals surface area contributed by atoms with Crippen molar-refractivity contribution >= 4 is 45.0 Å². The lowest BCUT2D eigenvalue weighted by atomic mass is 9.93. The minimum Gasteiger partial charge on any atom is -0.485 e. The van der Waals surface area contributed by atoms with Crippen LogP contribution in [0.3, 0.4) is 0 Å². The number of benzene rings is 2. The lowest BCUT2D eigenvalue weighted by molar-refractivity contribution is 0.0725. The first-order chi connectivity index (χ1) is 17.9. The molecular weight excluding hydrogens is 523 g/mol. The second kappa shape index (κ2) is 7.95. The summed E-state index contributed by atoms with van der Waals surface area (Å²) in [5.74, 6) is 1.81. The van der Waals surface area contributed by atoms with Crippen molar-refractivity contribution in [3.05, 3.63) is 69.0 Å². The number of ether oxygens (including phenoxy) is 4. The topological polar surface area (TPSA) is 69.3 Å². The molecule has 8 heteroatoms. The highest BCUT2D eigenvalue weighted by Crippen LogP contribution is 2.55. The second-order valence-electron chi connectivity index (χ2n) is 11.7. The van der Waals surface area contributed by atoms with E-state index in [1.807, 2.05) is 38.1 Å². The predicted octanol–water partition coefficient (Wildman–Crippen LogP) is 7.62. The van der Waals surface area contributed by atoms with Crippen LogP contribution < -0.4 is 9.47 Å². The van der Waals surface area contributed by atoms with Crippen LogP contribution in [-0.4, -0.2) is 33.4 Å². The molecule has 38 heavy (non-hydrogen) atoms. The second-order valence-corrected chi connectivity index (χ2v) is 12.5. The monoisotopic (exact) mass is 550 g/mol. The van der Waals surface area contributed by atoms with Gasteiger partial charge in [0, 0.05) is 21.9 Å². The molecule has 4 aliphatic heterocycles. The summed E-state index contributed by atoms with van der Waals surface area (Å²) in [7, 11) is 0. The van der Waals surface area contributed by atoms with Crippen molar-refractivity contribution < 1.29 is 18.9 Å². The van der Waals surface area contributed by atoms with Gasteiger partial charge in [0.1, 0.15) is 57.4 Å². The Morgan fingerprint density at radius 2 is 1.03 bits per heavy atom. The molecule has 4 atom stereocenters. The number of hydrogen-bond acceptors (Lipinski definition) is 6. The molecule has 0 amide bonds. The number of rotatable bonds is 0. The first-order valence-electron chi connectivity index (χ1n) is 12.8. The summed E-state index contributed by atoms with van der Waals surface area (Å²) in [6, 6.07) is 12.0. The summed E-state index contributed by atoms with van der Waals surface area (Å²) < 4.78 is 23.6. The normalized spacial score (nSPS) is 26.5. The zero-order chi connectivity index (χ0) is 26.7. The molecule has 4 aromatic rings. The van der Waals surface area contributed by atoms with Gasteiger partial charge in [-0.15, -0.1) is 0 Å². The third-order valence-electron chi connectivity index (χ3n) is 7.94. The first-order valence-corrected chi connectivity index (χ1v) is 13.6. The fourth-order valence-electron chi connectivity index (χ4n) is 5.85. The molecule has 0 radical (unpaired) electrons. The van der Waals surface area contributed by atoms with Crippen LogP contribution in [0.1, 0.15) is 62.2 Å². The Morgan fingerprint density at radius 3 is 1.42 bits per heavy atom. The van der Waals surface area contributed by atoms with E-state index in [0.717, 1.165) is 55.6 Å². The SMILES string of the molecule is Cc1cc(Cl)nc2cc3c(cc12)OC(C)(C)C1OC31.Cc1cc(Cl)nc2cc3c(cc12)OC(C)(C)[C@@H]1O[C@H]31. The maximum Gasteiger partial charge on any atom is 0.132 e. The van der Waals surface area contributed by atoms with Gasteiger partial charge in [-0.1, -0.05) is 23.2 Å². The van der Waals surface area contributed by atoms with Crippen molar-refractivity contribution in [3.63, 3.8) is 0 Å². The number of fused-ring (bicyclic) bond motifs is 8. The Balaban J connectivity index is 0.000000127. The summed E-state index contributed by atoms with van der Waals surface area (Å²) in [6.45, 7) is 12.3. The van der Waals surface area contributed by atoms with Gasteiger partial charge >= 0.3 is 0 Å². The summed E-state index contributed by atoms with van der Waals surface area (Å²) in [5.41, 5.74) is 5.67. The molecule has 2 aromatic carbocycles. The zero-order valence-electron chi connectivity index (χ0n) is 22.1. The Morgan fingerprint density at radius 1 is 0.632 bits per heavy atom. The molecule has 8 rings (SSSR count). The third-order valence-corrected chi connectivity index (χ3v) is 8.33. The summed E-state index contributed by atoms with van der Waals surface area (Å²) in [4.78, 5) is 8.78. The number of hydrogen-bond donors (Lipinski definition) is 0.